The molecule has 0 fully saturated rings. The van der Waals surface area contributed by atoms with Crippen molar-refractivity contribution < 1.29 is 0 Å². The summed E-state index contributed by atoms with van der Waals surface area (Å²) in [6, 6.07) is 0.445. The predicted molar refractivity (Wildman–Crippen MR) is 87.0 cm³/mol. The smallest absolute Gasteiger partial charge is 0.191 e. The molecular formula is C13H26IN3. The molecule has 4 heteroatoms. The van der Waals surface area contributed by atoms with E-state index >= 15 is 0 Å². The Kier molecular flexibility index (Phi) is 15.2. The van der Waals surface area contributed by atoms with E-state index in [0.29, 0.717) is 12.6 Å². The number of guanidine groups is 1. The Morgan fingerprint density at radius 1 is 1.35 bits per heavy atom. The van der Waals surface area contributed by atoms with Gasteiger partial charge in [0, 0.05) is 13.1 Å². The minimum absolute atomic E-state index is 0. The molecule has 2 N–H and O–H groups in total. The highest BCUT2D eigenvalue weighted by atomic mass is 127. The molecule has 0 aliphatic heterocycles. The molecule has 1 atom stereocenters. The van der Waals surface area contributed by atoms with Crippen LogP contribution in [0.25, 0.3) is 0 Å². The van der Waals surface area contributed by atoms with Crippen molar-refractivity contribution in [1.29, 1.82) is 0 Å². The van der Waals surface area contributed by atoms with E-state index in [1.165, 1.54) is 32.1 Å². The summed E-state index contributed by atoms with van der Waals surface area (Å²) in [6.07, 6.45) is 11.6. The molecular weight excluding hydrogens is 325 g/mol. The highest BCUT2D eigenvalue weighted by Gasteiger charge is 2.03. The number of halogens is 1. The lowest BCUT2D eigenvalue weighted by Gasteiger charge is -2.16. The van der Waals surface area contributed by atoms with E-state index in [2.05, 4.69) is 35.4 Å². The molecule has 0 spiro atoms. The van der Waals surface area contributed by atoms with Gasteiger partial charge in [-0.1, -0.05) is 38.5 Å². The molecule has 0 aromatic carbocycles. The first-order valence-corrected chi connectivity index (χ1v) is 6.15. The second-order valence-electron chi connectivity index (χ2n) is 4.02. The standard InChI is InChI=1S/C13H25N3.HI/c1-5-7-8-9-10-12(3)16-13(14-4)15-11-6-2;/h2,12H,5,7-11H2,1,3-4H3,(H2,14,15,16);1H. The van der Waals surface area contributed by atoms with Crippen molar-refractivity contribution in [2.75, 3.05) is 13.6 Å². The Bertz CT molecular complexity index is 233. The largest absolute Gasteiger partial charge is 0.354 e. The second kappa shape index (κ2) is 13.6. The number of hydrogen-bond donors (Lipinski definition) is 2. The summed E-state index contributed by atoms with van der Waals surface area (Å²) in [4.78, 5) is 4.11. The molecule has 0 aromatic heterocycles. The fourth-order valence-electron chi connectivity index (χ4n) is 1.51. The van der Waals surface area contributed by atoms with Crippen LogP contribution in [-0.2, 0) is 0 Å². The fourth-order valence-corrected chi connectivity index (χ4v) is 1.51. The number of unbranched alkanes of at least 4 members (excludes halogenated alkanes) is 3. The van der Waals surface area contributed by atoms with Gasteiger partial charge in [0.05, 0.1) is 6.54 Å². The van der Waals surface area contributed by atoms with E-state index < -0.39 is 0 Å². The van der Waals surface area contributed by atoms with Gasteiger partial charge in [-0.25, -0.2) is 0 Å². The SMILES string of the molecule is C#CCNC(=NC)NC(C)CCCCCC.I. The van der Waals surface area contributed by atoms with E-state index in [1.54, 1.807) is 7.05 Å². The summed E-state index contributed by atoms with van der Waals surface area (Å²) < 4.78 is 0. The minimum Gasteiger partial charge on any atom is -0.354 e. The van der Waals surface area contributed by atoms with Crippen LogP contribution in [-0.4, -0.2) is 25.6 Å². The quantitative estimate of drug-likeness (QED) is 0.243. The highest BCUT2D eigenvalue weighted by molar-refractivity contribution is 14.0. The van der Waals surface area contributed by atoms with E-state index in [1.807, 2.05) is 0 Å². The number of rotatable bonds is 7. The van der Waals surface area contributed by atoms with Crippen LogP contribution in [0.3, 0.4) is 0 Å². The van der Waals surface area contributed by atoms with E-state index in [9.17, 15) is 0 Å². The van der Waals surface area contributed by atoms with Crippen LogP contribution in [0.15, 0.2) is 4.99 Å². The Labute approximate surface area is 123 Å². The maximum atomic E-state index is 5.18. The van der Waals surface area contributed by atoms with Gasteiger partial charge >= 0.3 is 0 Å². The molecule has 0 bridgehead atoms. The van der Waals surface area contributed by atoms with Crippen molar-refractivity contribution in [2.24, 2.45) is 4.99 Å². The van der Waals surface area contributed by atoms with Gasteiger partial charge in [0.2, 0.25) is 0 Å². The van der Waals surface area contributed by atoms with Crippen molar-refractivity contribution in [2.45, 2.75) is 52.0 Å². The number of nitrogens with zero attached hydrogens (tertiary/aromatic N) is 1. The first kappa shape index (κ1) is 18.9. The molecule has 17 heavy (non-hydrogen) atoms. The van der Waals surface area contributed by atoms with Crippen LogP contribution >= 0.6 is 24.0 Å². The third-order valence-electron chi connectivity index (χ3n) is 2.46. The molecule has 0 rings (SSSR count). The Morgan fingerprint density at radius 3 is 2.59 bits per heavy atom. The molecule has 0 aliphatic carbocycles. The Hall–Kier alpha value is -0.440. The number of hydrogen-bond acceptors (Lipinski definition) is 1. The topological polar surface area (TPSA) is 36.4 Å². The molecule has 0 amide bonds. The van der Waals surface area contributed by atoms with Gasteiger partial charge < -0.3 is 10.6 Å². The summed E-state index contributed by atoms with van der Waals surface area (Å²) in [7, 11) is 1.76. The van der Waals surface area contributed by atoms with Crippen LogP contribution in [0.2, 0.25) is 0 Å². The van der Waals surface area contributed by atoms with Crippen LogP contribution in [0.5, 0.6) is 0 Å². The summed E-state index contributed by atoms with van der Waals surface area (Å²) in [5.41, 5.74) is 0. The molecule has 0 heterocycles. The molecule has 0 aliphatic rings. The number of terminal acetylenes is 1. The zero-order valence-corrected chi connectivity index (χ0v) is 13.6. The lowest BCUT2D eigenvalue weighted by atomic mass is 10.1. The third-order valence-corrected chi connectivity index (χ3v) is 2.46. The van der Waals surface area contributed by atoms with Gasteiger partial charge in [-0.2, -0.15) is 0 Å². The summed E-state index contributed by atoms with van der Waals surface area (Å²) in [5.74, 6) is 3.33. The van der Waals surface area contributed by atoms with Crippen LogP contribution in [0.4, 0.5) is 0 Å². The summed E-state index contributed by atoms with van der Waals surface area (Å²) in [6.45, 7) is 4.92. The van der Waals surface area contributed by atoms with Crippen LogP contribution < -0.4 is 10.6 Å². The second-order valence-corrected chi connectivity index (χ2v) is 4.02. The third kappa shape index (κ3) is 11.8. The van der Waals surface area contributed by atoms with Gasteiger partial charge in [-0.05, 0) is 13.3 Å². The number of aliphatic imine (C=N–C) groups is 1. The maximum Gasteiger partial charge on any atom is 0.191 e. The molecule has 1 unspecified atom stereocenters. The normalized spacial score (nSPS) is 12.2. The monoisotopic (exact) mass is 351 g/mol. The first-order valence-electron chi connectivity index (χ1n) is 6.15. The van der Waals surface area contributed by atoms with Gasteiger partial charge in [0.1, 0.15) is 0 Å². The summed E-state index contributed by atoms with van der Waals surface area (Å²) in [5, 5.41) is 6.38. The average molecular weight is 351 g/mol. The Balaban J connectivity index is 0. The van der Waals surface area contributed by atoms with E-state index in [0.717, 1.165) is 5.96 Å². The zero-order valence-electron chi connectivity index (χ0n) is 11.3. The highest BCUT2D eigenvalue weighted by Crippen LogP contribution is 2.04. The van der Waals surface area contributed by atoms with Crippen molar-refractivity contribution in [1.82, 2.24) is 10.6 Å². The zero-order chi connectivity index (χ0) is 12.2. The lowest BCUT2D eigenvalue weighted by molar-refractivity contribution is 0.538. The van der Waals surface area contributed by atoms with Gasteiger partial charge in [-0.15, -0.1) is 30.4 Å². The van der Waals surface area contributed by atoms with E-state index in [-0.39, 0.29) is 24.0 Å². The van der Waals surface area contributed by atoms with Crippen molar-refractivity contribution in [3.05, 3.63) is 0 Å². The molecule has 0 radical (unpaired) electrons. The molecule has 0 aromatic rings. The minimum atomic E-state index is 0. The van der Waals surface area contributed by atoms with Crippen molar-refractivity contribution in [3.8, 4) is 12.3 Å². The van der Waals surface area contributed by atoms with Crippen molar-refractivity contribution >= 4 is 29.9 Å². The van der Waals surface area contributed by atoms with Gasteiger partial charge in [0.25, 0.3) is 0 Å². The number of nitrogens with one attached hydrogen (secondary N) is 2. The fraction of sp³-hybridized carbons (Fsp3) is 0.769. The molecule has 0 saturated heterocycles. The average Bonchev–Trinajstić information content (AvgIpc) is 2.30. The lowest BCUT2D eigenvalue weighted by Crippen LogP contribution is -2.42. The predicted octanol–water partition coefficient (Wildman–Crippen LogP) is 2.76. The van der Waals surface area contributed by atoms with Crippen molar-refractivity contribution in [3.63, 3.8) is 0 Å². The molecule has 100 valence electrons. The maximum absolute atomic E-state index is 5.18. The summed E-state index contributed by atoms with van der Waals surface area (Å²) >= 11 is 0. The molecule has 3 nitrogen and oxygen atoms in total. The van der Waals surface area contributed by atoms with E-state index in [4.69, 9.17) is 6.42 Å². The van der Waals surface area contributed by atoms with Gasteiger partial charge in [-0.3, -0.25) is 4.99 Å². The van der Waals surface area contributed by atoms with Crippen LogP contribution in [0.1, 0.15) is 46.0 Å². The van der Waals surface area contributed by atoms with Crippen LogP contribution in [0, 0.1) is 12.3 Å². The Morgan fingerprint density at radius 2 is 2.06 bits per heavy atom. The first-order chi connectivity index (χ1) is 7.74. The van der Waals surface area contributed by atoms with Gasteiger partial charge in [0.15, 0.2) is 5.96 Å². The molecule has 0 saturated carbocycles.